The second-order valence-corrected chi connectivity index (χ2v) is 11.3. The molecule has 0 radical (unpaired) electrons. The van der Waals surface area contributed by atoms with Gasteiger partial charge in [-0.05, 0) is 55.3 Å². The zero-order chi connectivity index (χ0) is 27.4. The molecule has 5 nitrogen and oxygen atoms in total. The number of amides is 1. The average Bonchev–Trinajstić information content (AvgIpc) is 3.50. The molecule has 4 aromatic rings. The van der Waals surface area contributed by atoms with Gasteiger partial charge < -0.3 is 4.74 Å². The number of carbonyl (C=O) groups is 1. The van der Waals surface area contributed by atoms with E-state index in [0.29, 0.717) is 32.3 Å². The Kier molecular flexibility index (Phi) is 8.50. The predicted octanol–water partition coefficient (Wildman–Crippen LogP) is 8.33. The highest BCUT2D eigenvalue weighted by atomic mass is 35.5. The molecule has 1 aromatic heterocycles. The molecule has 1 aliphatic rings. The monoisotopic (exact) mass is 573 g/mol. The molecule has 5 rings (SSSR count). The summed E-state index contributed by atoms with van der Waals surface area (Å²) in [6.07, 6.45) is 5.81. The fourth-order valence-electron chi connectivity index (χ4n) is 4.36. The molecule has 0 aliphatic carbocycles. The van der Waals surface area contributed by atoms with Crippen molar-refractivity contribution in [1.82, 2.24) is 14.7 Å². The van der Waals surface area contributed by atoms with Crippen LogP contribution in [-0.4, -0.2) is 31.5 Å². The van der Waals surface area contributed by atoms with E-state index in [9.17, 15) is 4.79 Å². The van der Waals surface area contributed by atoms with Gasteiger partial charge in [0.1, 0.15) is 15.8 Å². The number of halogens is 1. The minimum atomic E-state index is -0.171. The van der Waals surface area contributed by atoms with E-state index in [1.807, 2.05) is 103 Å². The van der Waals surface area contributed by atoms with Gasteiger partial charge in [0.2, 0.25) is 0 Å². The number of benzene rings is 3. The van der Waals surface area contributed by atoms with Gasteiger partial charge in [-0.1, -0.05) is 97.5 Å². The van der Waals surface area contributed by atoms with Crippen LogP contribution in [0.3, 0.4) is 0 Å². The molecular formula is C31H28ClN3O2S2. The number of para-hydroxylation sites is 1. The maximum Gasteiger partial charge on any atom is 0.266 e. The SMILES string of the molecule is CCCCOc1ccc(-c2nn(-c3ccccc3)cc2C=C2SC(=S)N(C(C)c3ccccc3)C2=O)cc1Cl. The van der Waals surface area contributed by atoms with Gasteiger partial charge in [0.25, 0.3) is 5.91 Å². The molecule has 1 aliphatic heterocycles. The summed E-state index contributed by atoms with van der Waals surface area (Å²) in [6, 6.07) is 25.3. The van der Waals surface area contributed by atoms with Crippen LogP contribution in [0.25, 0.3) is 23.0 Å². The third-order valence-electron chi connectivity index (χ3n) is 6.50. The summed E-state index contributed by atoms with van der Waals surface area (Å²) in [6.45, 7) is 4.73. The molecule has 198 valence electrons. The van der Waals surface area contributed by atoms with Crippen LogP contribution in [0.2, 0.25) is 5.02 Å². The first-order valence-corrected chi connectivity index (χ1v) is 14.5. The summed E-state index contributed by atoms with van der Waals surface area (Å²) in [4.78, 5) is 15.8. The van der Waals surface area contributed by atoms with Crippen molar-refractivity contribution in [3.05, 3.63) is 106 Å². The lowest BCUT2D eigenvalue weighted by atomic mass is 10.1. The van der Waals surface area contributed by atoms with Crippen LogP contribution in [0.15, 0.2) is 90.0 Å². The van der Waals surface area contributed by atoms with Crippen LogP contribution < -0.4 is 4.74 Å². The van der Waals surface area contributed by atoms with Crippen molar-refractivity contribution in [3.8, 4) is 22.7 Å². The van der Waals surface area contributed by atoms with E-state index in [4.69, 9.17) is 33.7 Å². The van der Waals surface area contributed by atoms with E-state index in [2.05, 4.69) is 6.92 Å². The fraction of sp³-hybridized carbons (Fsp3) is 0.194. The van der Waals surface area contributed by atoms with Crippen molar-refractivity contribution >= 4 is 51.9 Å². The van der Waals surface area contributed by atoms with Crippen LogP contribution in [0.4, 0.5) is 0 Å². The molecule has 0 saturated carbocycles. The van der Waals surface area contributed by atoms with Crippen LogP contribution in [-0.2, 0) is 4.79 Å². The Labute approximate surface area is 243 Å². The molecule has 0 spiro atoms. The summed E-state index contributed by atoms with van der Waals surface area (Å²) in [7, 11) is 0. The van der Waals surface area contributed by atoms with Gasteiger partial charge in [0.05, 0.1) is 28.3 Å². The number of aromatic nitrogens is 2. The van der Waals surface area contributed by atoms with Gasteiger partial charge in [-0.3, -0.25) is 9.69 Å². The third-order valence-corrected chi connectivity index (χ3v) is 8.13. The van der Waals surface area contributed by atoms with Crippen molar-refractivity contribution < 1.29 is 9.53 Å². The second kappa shape index (κ2) is 12.2. The number of carbonyl (C=O) groups excluding carboxylic acids is 1. The zero-order valence-electron chi connectivity index (χ0n) is 21.7. The quantitative estimate of drug-likeness (QED) is 0.114. The van der Waals surface area contributed by atoms with Gasteiger partial charge in [0, 0.05) is 17.3 Å². The maximum absolute atomic E-state index is 13.6. The Bertz CT molecular complexity index is 1520. The molecule has 0 N–H and O–H groups in total. The molecule has 1 unspecified atom stereocenters. The summed E-state index contributed by atoms with van der Waals surface area (Å²) in [5.74, 6) is 0.533. The van der Waals surface area contributed by atoms with Crippen LogP contribution >= 0.6 is 35.6 Å². The number of unbranched alkanes of at least 4 members (excludes halogenated alkanes) is 1. The largest absolute Gasteiger partial charge is 0.492 e. The average molecular weight is 574 g/mol. The standard InChI is InChI=1S/C31H28ClN3O2S2/c1-3-4-17-37-27-16-15-23(18-26(27)32)29-24(20-34(33-29)25-13-9-6-10-14-25)19-28-30(36)35(31(38)39-28)21(2)22-11-7-5-8-12-22/h5-16,18-21H,3-4,17H2,1-2H3. The lowest BCUT2D eigenvalue weighted by Gasteiger charge is -2.23. The molecule has 2 heterocycles. The van der Waals surface area contributed by atoms with Gasteiger partial charge in [-0.2, -0.15) is 5.10 Å². The van der Waals surface area contributed by atoms with E-state index in [0.717, 1.165) is 35.2 Å². The molecule has 1 saturated heterocycles. The molecule has 0 bridgehead atoms. The normalized spacial score (nSPS) is 15.3. The van der Waals surface area contributed by atoms with Gasteiger partial charge in [-0.25, -0.2) is 4.68 Å². The second-order valence-electron chi connectivity index (χ2n) is 9.20. The maximum atomic E-state index is 13.6. The first-order chi connectivity index (χ1) is 19.0. The summed E-state index contributed by atoms with van der Waals surface area (Å²) < 4.78 is 8.19. The molecule has 39 heavy (non-hydrogen) atoms. The first-order valence-electron chi connectivity index (χ1n) is 12.9. The van der Waals surface area contributed by atoms with Gasteiger partial charge >= 0.3 is 0 Å². The van der Waals surface area contributed by atoms with Crippen LogP contribution in [0, 0.1) is 0 Å². The van der Waals surface area contributed by atoms with Crippen molar-refractivity contribution in [3.63, 3.8) is 0 Å². The Morgan fingerprint density at radius 3 is 2.49 bits per heavy atom. The molecule has 1 atom stereocenters. The van der Waals surface area contributed by atoms with E-state index in [1.54, 1.807) is 4.90 Å². The van der Waals surface area contributed by atoms with Crippen LogP contribution in [0.1, 0.15) is 43.9 Å². The third kappa shape index (κ3) is 5.96. The highest BCUT2D eigenvalue weighted by Crippen LogP contribution is 2.39. The van der Waals surface area contributed by atoms with Crippen LogP contribution in [0.5, 0.6) is 5.75 Å². The Hall–Kier alpha value is -3.39. The lowest BCUT2D eigenvalue weighted by Crippen LogP contribution is -2.30. The predicted molar refractivity (Wildman–Crippen MR) is 164 cm³/mol. The van der Waals surface area contributed by atoms with Crippen molar-refractivity contribution in [1.29, 1.82) is 0 Å². The zero-order valence-corrected chi connectivity index (χ0v) is 24.1. The number of ether oxygens (including phenoxy) is 1. The Morgan fingerprint density at radius 1 is 1.08 bits per heavy atom. The topological polar surface area (TPSA) is 47.4 Å². The minimum absolute atomic E-state index is 0.113. The van der Waals surface area contributed by atoms with Crippen molar-refractivity contribution in [2.24, 2.45) is 0 Å². The number of hydrogen-bond acceptors (Lipinski definition) is 5. The molecule has 3 aromatic carbocycles. The number of thiocarbonyl (C=S) groups is 1. The fourth-order valence-corrected chi connectivity index (χ4v) is 6.00. The number of nitrogens with zero attached hydrogens (tertiary/aromatic N) is 3. The Balaban J connectivity index is 1.51. The van der Waals surface area contributed by atoms with E-state index in [-0.39, 0.29) is 11.9 Å². The highest BCUT2D eigenvalue weighted by Gasteiger charge is 2.36. The minimum Gasteiger partial charge on any atom is -0.492 e. The molecular weight excluding hydrogens is 546 g/mol. The number of thioether (sulfide) groups is 1. The Morgan fingerprint density at radius 2 is 1.79 bits per heavy atom. The molecule has 1 fully saturated rings. The lowest BCUT2D eigenvalue weighted by molar-refractivity contribution is -0.123. The van der Waals surface area contributed by atoms with Gasteiger partial charge in [-0.15, -0.1) is 0 Å². The first kappa shape index (κ1) is 27.2. The highest BCUT2D eigenvalue weighted by molar-refractivity contribution is 8.26. The van der Waals surface area contributed by atoms with Crippen molar-refractivity contribution in [2.75, 3.05) is 6.61 Å². The smallest absolute Gasteiger partial charge is 0.266 e. The molecule has 8 heteroatoms. The molecule has 1 amide bonds. The van der Waals surface area contributed by atoms with E-state index >= 15 is 0 Å². The summed E-state index contributed by atoms with van der Waals surface area (Å²) in [5, 5.41) is 5.41. The van der Waals surface area contributed by atoms with E-state index in [1.165, 1.54) is 11.8 Å². The van der Waals surface area contributed by atoms with Gasteiger partial charge in [0.15, 0.2) is 0 Å². The summed E-state index contributed by atoms with van der Waals surface area (Å²) >= 11 is 13.6. The number of rotatable bonds is 9. The van der Waals surface area contributed by atoms with E-state index < -0.39 is 0 Å². The van der Waals surface area contributed by atoms with Crippen molar-refractivity contribution in [2.45, 2.75) is 32.7 Å². The summed E-state index contributed by atoms with van der Waals surface area (Å²) in [5.41, 5.74) is 4.28. The number of hydrogen-bond donors (Lipinski definition) is 0.